The smallest absolute Gasteiger partial charge is 0.288 e. The first-order chi connectivity index (χ1) is 7.63. The van der Waals surface area contributed by atoms with Gasteiger partial charge in [0.2, 0.25) is 0 Å². The lowest BCUT2D eigenvalue weighted by molar-refractivity contribution is 0.0701. The van der Waals surface area contributed by atoms with E-state index >= 15 is 0 Å². The number of hydrogen-bond acceptors (Lipinski definition) is 3. The summed E-state index contributed by atoms with van der Waals surface area (Å²) in [5, 5.41) is 9.13. The standard InChI is InChI=1S/C11H9FN2O2/c1-6-5-9(11(15)14-16)13-10-7(6)3-2-4-8(10)12/h2-5,16H,1H3,(H,14,15). The molecule has 1 aromatic carbocycles. The van der Waals surface area contributed by atoms with E-state index in [9.17, 15) is 9.18 Å². The maximum Gasteiger partial charge on any atom is 0.293 e. The lowest BCUT2D eigenvalue weighted by atomic mass is 10.1. The largest absolute Gasteiger partial charge is 0.293 e. The van der Waals surface area contributed by atoms with Crippen molar-refractivity contribution >= 4 is 16.8 Å². The van der Waals surface area contributed by atoms with Gasteiger partial charge in [-0.2, -0.15) is 0 Å². The number of hydrogen-bond donors (Lipinski definition) is 2. The van der Waals surface area contributed by atoms with Gasteiger partial charge in [0.25, 0.3) is 5.91 Å². The van der Waals surface area contributed by atoms with E-state index in [1.54, 1.807) is 19.1 Å². The van der Waals surface area contributed by atoms with Gasteiger partial charge >= 0.3 is 0 Å². The molecule has 16 heavy (non-hydrogen) atoms. The molecule has 0 bridgehead atoms. The Kier molecular flexibility index (Phi) is 2.54. The second-order valence-corrected chi connectivity index (χ2v) is 3.40. The van der Waals surface area contributed by atoms with Crippen LogP contribution in [0, 0.1) is 12.7 Å². The Bertz CT molecular complexity index is 569. The topological polar surface area (TPSA) is 62.2 Å². The fraction of sp³-hybridized carbons (Fsp3) is 0.0909. The van der Waals surface area contributed by atoms with Gasteiger partial charge in [-0.25, -0.2) is 14.9 Å². The van der Waals surface area contributed by atoms with Crippen molar-refractivity contribution in [2.75, 3.05) is 0 Å². The minimum atomic E-state index is -0.756. The summed E-state index contributed by atoms with van der Waals surface area (Å²) in [7, 11) is 0. The average molecular weight is 220 g/mol. The number of para-hydroxylation sites is 1. The number of fused-ring (bicyclic) bond motifs is 1. The molecular formula is C11H9FN2O2. The highest BCUT2D eigenvalue weighted by Gasteiger charge is 2.11. The highest BCUT2D eigenvalue weighted by atomic mass is 19.1. The zero-order valence-electron chi connectivity index (χ0n) is 8.49. The van der Waals surface area contributed by atoms with Gasteiger partial charge < -0.3 is 0 Å². The number of nitrogens with zero attached hydrogens (tertiary/aromatic N) is 1. The van der Waals surface area contributed by atoms with E-state index in [2.05, 4.69) is 4.98 Å². The molecule has 4 nitrogen and oxygen atoms in total. The van der Waals surface area contributed by atoms with E-state index in [0.717, 1.165) is 5.56 Å². The van der Waals surface area contributed by atoms with Crippen molar-refractivity contribution in [2.24, 2.45) is 0 Å². The maximum absolute atomic E-state index is 13.5. The summed E-state index contributed by atoms with van der Waals surface area (Å²) in [6.45, 7) is 1.75. The van der Waals surface area contributed by atoms with Crippen LogP contribution in [0.25, 0.3) is 10.9 Å². The molecule has 82 valence electrons. The van der Waals surface area contributed by atoms with Crippen LogP contribution in [0.2, 0.25) is 0 Å². The molecule has 0 spiro atoms. The van der Waals surface area contributed by atoms with Gasteiger partial charge in [-0.1, -0.05) is 12.1 Å². The maximum atomic E-state index is 13.5. The molecule has 0 unspecified atom stereocenters. The number of carbonyl (C=O) groups excluding carboxylic acids is 1. The van der Waals surface area contributed by atoms with Crippen molar-refractivity contribution in [1.29, 1.82) is 0 Å². The molecule has 0 saturated heterocycles. The molecule has 2 N–H and O–H groups in total. The molecule has 0 radical (unpaired) electrons. The van der Waals surface area contributed by atoms with Crippen LogP contribution in [-0.4, -0.2) is 16.1 Å². The Morgan fingerprint density at radius 1 is 1.50 bits per heavy atom. The Morgan fingerprint density at radius 2 is 2.25 bits per heavy atom. The van der Waals surface area contributed by atoms with E-state index in [1.165, 1.54) is 17.6 Å². The first-order valence-corrected chi connectivity index (χ1v) is 4.64. The van der Waals surface area contributed by atoms with Crippen molar-refractivity contribution in [3.63, 3.8) is 0 Å². The number of aryl methyl sites for hydroxylation is 1. The van der Waals surface area contributed by atoms with Crippen LogP contribution < -0.4 is 5.48 Å². The first kappa shape index (κ1) is 10.5. The molecule has 0 atom stereocenters. The highest BCUT2D eigenvalue weighted by Crippen LogP contribution is 2.20. The number of hydroxylamine groups is 1. The molecule has 1 amide bonds. The lowest BCUT2D eigenvalue weighted by Gasteiger charge is -2.05. The number of rotatable bonds is 1. The Balaban J connectivity index is 2.75. The van der Waals surface area contributed by atoms with Crippen LogP contribution in [0.5, 0.6) is 0 Å². The predicted molar refractivity (Wildman–Crippen MR) is 55.7 cm³/mol. The monoisotopic (exact) mass is 220 g/mol. The molecule has 0 fully saturated rings. The molecule has 0 aliphatic rings. The molecule has 0 saturated carbocycles. The summed E-state index contributed by atoms with van der Waals surface area (Å²) in [4.78, 5) is 15.0. The van der Waals surface area contributed by atoms with Crippen molar-refractivity contribution < 1.29 is 14.4 Å². The van der Waals surface area contributed by atoms with Crippen LogP contribution >= 0.6 is 0 Å². The fourth-order valence-corrected chi connectivity index (χ4v) is 1.56. The Hall–Kier alpha value is -2.01. The van der Waals surface area contributed by atoms with Gasteiger partial charge in [0.05, 0.1) is 0 Å². The SMILES string of the molecule is Cc1cc(C(=O)NO)nc2c(F)cccc12. The summed E-state index contributed by atoms with van der Waals surface area (Å²) in [6.07, 6.45) is 0. The van der Waals surface area contributed by atoms with Gasteiger partial charge in [0.1, 0.15) is 17.0 Å². The number of nitrogens with one attached hydrogen (secondary N) is 1. The highest BCUT2D eigenvalue weighted by molar-refractivity contribution is 5.95. The molecule has 1 aromatic heterocycles. The molecule has 0 aliphatic carbocycles. The molecular weight excluding hydrogens is 211 g/mol. The quantitative estimate of drug-likeness (QED) is 0.569. The number of aromatic nitrogens is 1. The molecule has 1 heterocycles. The van der Waals surface area contributed by atoms with E-state index in [0.29, 0.717) is 5.39 Å². The minimum absolute atomic E-state index is 0.0161. The second-order valence-electron chi connectivity index (χ2n) is 3.40. The minimum Gasteiger partial charge on any atom is -0.288 e. The summed E-state index contributed by atoms with van der Waals surface area (Å²) in [5.41, 5.74) is 2.30. The van der Waals surface area contributed by atoms with Crippen molar-refractivity contribution in [2.45, 2.75) is 6.92 Å². The van der Waals surface area contributed by atoms with Crippen LogP contribution in [0.4, 0.5) is 4.39 Å². The first-order valence-electron chi connectivity index (χ1n) is 4.64. The zero-order chi connectivity index (χ0) is 11.7. The molecule has 2 rings (SSSR count). The van der Waals surface area contributed by atoms with Crippen molar-refractivity contribution in [3.8, 4) is 0 Å². The average Bonchev–Trinajstić information content (AvgIpc) is 2.29. The van der Waals surface area contributed by atoms with Crippen LogP contribution in [0.15, 0.2) is 24.3 Å². The van der Waals surface area contributed by atoms with Crippen molar-refractivity contribution in [1.82, 2.24) is 10.5 Å². The third kappa shape index (κ3) is 1.61. The van der Waals surface area contributed by atoms with Gasteiger partial charge in [0, 0.05) is 5.39 Å². The van der Waals surface area contributed by atoms with Crippen LogP contribution in [0.1, 0.15) is 16.1 Å². The number of pyridine rings is 1. The summed E-state index contributed by atoms with van der Waals surface area (Å²) >= 11 is 0. The predicted octanol–water partition coefficient (Wildman–Crippen LogP) is 1.80. The van der Waals surface area contributed by atoms with Crippen LogP contribution in [-0.2, 0) is 0 Å². The fourth-order valence-electron chi connectivity index (χ4n) is 1.56. The van der Waals surface area contributed by atoms with E-state index < -0.39 is 11.7 Å². The normalized spacial score (nSPS) is 10.4. The van der Waals surface area contributed by atoms with E-state index in [4.69, 9.17) is 5.21 Å². The van der Waals surface area contributed by atoms with Crippen LogP contribution in [0.3, 0.4) is 0 Å². The Labute approximate surface area is 90.7 Å². The molecule has 2 aromatic rings. The number of halogens is 1. The van der Waals surface area contributed by atoms with Crippen molar-refractivity contribution in [3.05, 3.63) is 41.3 Å². The van der Waals surface area contributed by atoms with E-state index in [-0.39, 0.29) is 11.2 Å². The lowest BCUT2D eigenvalue weighted by Crippen LogP contribution is -2.20. The third-order valence-electron chi connectivity index (χ3n) is 2.33. The van der Waals surface area contributed by atoms with Gasteiger partial charge in [-0.3, -0.25) is 10.0 Å². The zero-order valence-corrected chi connectivity index (χ0v) is 8.49. The van der Waals surface area contributed by atoms with Gasteiger partial charge in [-0.05, 0) is 24.6 Å². The molecule has 5 heteroatoms. The van der Waals surface area contributed by atoms with Gasteiger partial charge in [-0.15, -0.1) is 0 Å². The number of benzene rings is 1. The third-order valence-corrected chi connectivity index (χ3v) is 2.33. The second kappa shape index (κ2) is 3.86. The number of carbonyl (C=O) groups is 1. The summed E-state index contributed by atoms with van der Waals surface area (Å²) in [6, 6.07) is 6.07. The summed E-state index contributed by atoms with van der Waals surface area (Å²) < 4.78 is 13.5. The Morgan fingerprint density at radius 3 is 2.94 bits per heavy atom. The molecule has 0 aliphatic heterocycles. The number of amides is 1. The van der Waals surface area contributed by atoms with Gasteiger partial charge in [0.15, 0.2) is 0 Å². The van der Waals surface area contributed by atoms with E-state index in [1.807, 2.05) is 0 Å². The summed E-state index contributed by atoms with van der Waals surface area (Å²) in [5.74, 6) is -1.25.